The highest BCUT2D eigenvalue weighted by atomic mass is 35.5. The number of carbonyl (C=O) groups excluding carboxylic acids is 1. The third kappa shape index (κ3) is 4.35. The summed E-state index contributed by atoms with van der Waals surface area (Å²) in [4.78, 5) is 14.1. The Morgan fingerprint density at radius 2 is 1.95 bits per heavy atom. The molecule has 5 heteroatoms. The van der Waals surface area contributed by atoms with Crippen LogP contribution in [0, 0.1) is 5.92 Å². The quantitative estimate of drug-likeness (QED) is 0.790. The van der Waals surface area contributed by atoms with Gasteiger partial charge in [0.1, 0.15) is 5.60 Å². The molecule has 1 aromatic carbocycles. The van der Waals surface area contributed by atoms with Crippen LogP contribution in [0.5, 0.6) is 0 Å². The van der Waals surface area contributed by atoms with E-state index in [1.165, 1.54) is 0 Å². The second-order valence-electron chi connectivity index (χ2n) is 5.50. The first-order valence-corrected chi connectivity index (χ1v) is 7.04. The van der Waals surface area contributed by atoms with E-state index in [4.69, 9.17) is 4.74 Å². The Balaban J connectivity index is 0.00000200. The van der Waals surface area contributed by atoms with Crippen LogP contribution in [0.3, 0.4) is 0 Å². The number of carbonyl (C=O) groups is 1. The van der Waals surface area contributed by atoms with Crippen molar-refractivity contribution in [2.45, 2.75) is 32.3 Å². The Labute approximate surface area is 139 Å². The topological polar surface area (TPSA) is 29.5 Å². The van der Waals surface area contributed by atoms with Crippen molar-refractivity contribution in [3.05, 3.63) is 35.9 Å². The van der Waals surface area contributed by atoms with Gasteiger partial charge in [-0.15, -0.1) is 24.8 Å². The van der Waals surface area contributed by atoms with Crippen LogP contribution in [0.2, 0.25) is 0 Å². The molecule has 0 bridgehead atoms. The van der Waals surface area contributed by atoms with Crippen LogP contribution in [0.1, 0.15) is 32.3 Å². The molecule has 0 aliphatic carbocycles. The minimum Gasteiger partial charge on any atom is -0.454 e. The molecule has 0 N–H and O–H groups in total. The zero-order valence-corrected chi connectivity index (χ0v) is 14.5. The van der Waals surface area contributed by atoms with Gasteiger partial charge in [0.15, 0.2) is 0 Å². The fourth-order valence-electron chi connectivity index (χ4n) is 2.94. The summed E-state index contributed by atoms with van der Waals surface area (Å²) in [6.07, 6.45) is 1.29. The Morgan fingerprint density at radius 1 is 1.33 bits per heavy atom. The zero-order chi connectivity index (χ0) is 13.9. The average molecular weight is 334 g/mol. The molecule has 1 fully saturated rings. The molecule has 1 aliphatic heterocycles. The number of esters is 1. The second-order valence-corrected chi connectivity index (χ2v) is 5.50. The van der Waals surface area contributed by atoms with Crippen molar-refractivity contribution in [1.82, 2.24) is 4.90 Å². The van der Waals surface area contributed by atoms with Crippen molar-refractivity contribution in [3.63, 3.8) is 0 Å². The molecule has 1 heterocycles. The van der Waals surface area contributed by atoms with Gasteiger partial charge in [-0.3, -0.25) is 4.79 Å². The summed E-state index contributed by atoms with van der Waals surface area (Å²) in [5.74, 6) is 0.185. The van der Waals surface area contributed by atoms with E-state index < -0.39 is 5.60 Å². The van der Waals surface area contributed by atoms with Crippen molar-refractivity contribution in [3.8, 4) is 0 Å². The van der Waals surface area contributed by atoms with Crippen LogP contribution in [0.15, 0.2) is 30.3 Å². The smallest absolute Gasteiger partial charge is 0.306 e. The number of likely N-dealkylation sites (tertiary alicyclic amines) is 1. The van der Waals surface area contributed by atoms with Crippen molar-refractivity contribution in [2.24, 2.45) is 5.92 Å². The molecule has 0 radical (unpaired) electrons. The van der Waals surface area contributed by atoms with E-state index in [1.807, 2.05) is 25.1 Å². The third-order valence-electron chi connectivity index (χ3n) is 4.09. The van der Waals surface area contributed by atoms with Crippen molar-refractivity contribution in [1.29, 1.82) is 0 Å². The van der Waals surface area contributed by atoms with Gasteiger partial charge in [0.25, 0.3) is 0 Å². The SMILES string of the molecule is CCC(=O)O[C@]1(c2ccccc2)CCN(C)C[C@@H]1C.Cl.Cl. The average Bonchev–Trinajstić information content (AvgIpc) is 2.43. The molecule has 0 unspecified atom stereocenters. The fourth-order valence-corrected chi connectivity index (χ4v) is 2.94. The maximum absolute atomic E-state index is 11.8. The van der Waals surface area contributed by atoms with Crippen LogP contribution in [0.4, 0.5) is 0 Å². The molecule has 0 spiro atoms. The zero-order valence-electron chi connectivity index (χ0n) is 12.9. The third-order valence-corrected chi connectivity index (χ3v) is 4.09. The van der Waals surface area contributed by atoms with Gasteiger partial charge in [-0.05, 0) is 12.6 Å². The van der Waals surface area contributed by atoms with E-state index in [1.54, 1.807) is 0 Å². The number of benzene rings is 1. The molecule has 1 saturated heterocycles. The summed E-state index contributed by atoms with van der Waals surface area (Å²) in [6, 6.07) is 10.2. The lowest BCUT2D eigenvalue weighted by Gasteiger charge is -2.45. The van der Waals surface area contributed by atoms with Crippen LogP contribution < -0.4 is 0 Å². The minimum absolute atomic E-state index is 0. The molecule has 1 aliphatic rings. The molecule has 2 rings (SSSR count). The molecular weight excluding hydrogens is 309 g/mol. The Hall–Kier alpha value is -0.770. The highest BCUT2D eigenvalue weighted by Gasteiger charge is 2.44. The first kappa shape index (κ1) is 20.2. The van der Waals surface area contributed by atoms with Gasteiger partial charge in [-0.2, -0.15) is 0 Å². The highest BCUT2D eigenvalue weighted by Crippen LogP contribution is 2.40. The normalized spacial score (nSPS) is 25.4. The summed E-state index contributed by atoms with van der Waals surface area (Å²) in [5, 5.41) is 0. The number of hydrogen-bond donors (Lipinski definition) is 0. The molecule has 0 saturated carbocycles. The summed E-state index contributed by atoms with van der Waals surface area (Å²) >= 11 is 0. The first-order valence-electron chi connectivity index (χ1n) is 7.04. The molecule has 0 amide bonds. The number of hydrogen-bond acceptors (Lipinski definition) is 3. The van der Waals surface area contributed by atoms with E-state index in [2.05, 4.69) is 31.0 Å². The van der Waals surface area contributed by atoms with Crippen molar-refractivity contribution < 1.29 is 9.53 Å². The second kappa shape index (κ2) is 8.62. The summed E-state index contributed by atoms with van der Waals surface area (Å²) < 4.78 is 5.91. The Bertz CT molecular complexity index is 441. The largest absolute Gasteiger partial charge is 0.454 e. The number of piperidine rings is 1. The molecule has 21 heavy (non-hydrogen) atoms. The van der Waals surface area contributed by atoms with Gasteiger partial charge >= 0.3 is 5.97 Å². The van der Waals surface area contributed by atoms with E-state index in [0.29, 0.717) is 12.3 Å². The fraction of sp³-hybridized carbons (Fsp3) is 0.562. The van der Waals surface area contributed by atoms with Crippen LogP contribution in [-0.2, 0) is 15.1 Å². The van der Waals surface area contributed by atoms with Crippen LogP contribution in [0.25, 0.3) is 0 Å². The molecule has 3 nitrogen and oxygen atoms in total. The van der Waals surface area contributed by atoms with E-state index in [0.717, 1.165) is 25.1 Å². The predicted octanol–water partition coefficient (Wildman–Crippen LogP) is 3.65. The summed E-state index contributed by atoms with van der Waals surface area (Å²) in [7, 11) is 2.12. The van der Waals surface area contributed by atoms with Crippen LogP contribution >= 0.6 is 24.8 Å². The lowest BCUT2D eigenvalue weighted by atomic mass is 9.76. The van der Waals surface area contributed by atoms with Gasteiger partial charge in [0.05, 0.1) is 0 Å². The van der Waals surface area contributed by atoms with Gasteiger partial charge < -0.3 is 9.64 Å². The highest BCUT2D eigenvalue weighted by molar-refractivity contribution is 5.85. The summed E-state index contributed by atoms with van der Waals surface area (Å²) in [5.41, 5.74) is 0.665. The number of ether oxygens (including phenoxy) is 1. The van der Waals surface area contributed by atoms with Crippen LogP contribution in [-0.4, -0.2) is 31.0 Å². The molecule has 1 aromatic rings. The molecule has 0 aromatic heterocycles. The lowest BCUT2D eigenvalue weighted by molar-refractivity contribution is -0.174. The van der Waals surface area contributed by atoms with Crippen molar-refractivity contribution >= 4 is 30.8 Å². The van der Waals surface area contributed by atoms with E-state index in [9.17, 15) is 4.79 Å². The van der Waals surface area contributed by atoms with Gasteiger partial charge in [-0.25, -0.2) is 0 Å². The van der Waals surface area contributed by atoms with Gasteiger partial charge in [0.2, 0.25) is 0 Å². The Kier molecular flexibility index (Phi) is 8.30. The van der Waals surface area contributed by atoms with Gasteiger partial charge in [0, 0.05) is 31.8 Å². The molecule has 120 valence electrons. The van der Waals surface area contributed by atoms with E-state index >= 15 is 0 Å². The maximum Gasteiger partial charge on any atom is 0.306 e. The lowest BCUT2D eigenvalue weighted by Crippen LogP contribution is -2.50. The van der Waals surface area contributed by atoms with Crippen molar-refractivity contribution in [2.75, 3.05) is 20.1 Å². The number of rotatable bonds is 3. The first-order chi connectivity index (χ1) is 9.08. The van der Waals surface area contributed by atoms with E-state index in [-0.39, 0.29) is 30.8 Å². The monoisotopic (exact) mass is 333 g/mol. The number of halogens is 2. The van der Waals surface area contributed by atoms with Gasteiger partial charge in [-0.1, -0.05) is 44.2 Å². The molecule has 2 atom stereocenters. The summed E-state index contributed by atoms with van der Waals surface area (Å²) in [6.45, 7) is 5.92. The predicted molar refractivity (Wildman–Crippen MR) is 90.3 cm³/mol. The Morgan fingerprint density at radius 3 is 2.48 bits per heavy atom. The maximum atomic E-state index is 11.8. The minimum atomic E-state index is -0.457. The standard InChI is InChI=1S/C16H23NO2.2ClH/c1-4-15(18)19-16(14-8-6-5-7-9-14)10-11-17(3)12-13(16)2;;/h5-9,13H,4,10-12H2,1-3H3;2*1H/t13-,16+;;/m0../s1. The molecular formula is C16H25Cl2NO2. The number of nitrogens with zero attached hydrogens (tertiary/aromatic N) is 1.